The van der Waals surface area contributed by atoms with Crippen LogP contribution in [-0.4, -0.2) is 68.3 Å². The van der Waals surface area contributed by atoms with Gasteiger partial charge < -0.3 is 29.4 Å². The standard InChI is InChI=1S/C26H27FN4O5/c1-33-6-7-35-23-9-21(28)19(8-20(23)27)25(29)24-10-22(30-36-24)15-2-4-16(5-3-15)26(32)31-11-17-13-34-14-18(17)12-31/h2-5,8-10,17-18,29H,6-7,11-14,28H2,1H3. The summed E-state index contributed by atoms with van der Waals surface area (Å²) >= 11 is 0. The van der Waals surface area contributed by atoms with Crippen LogP contribution in [0.2, 0.25) is 0 Å². The maximum Gasteiger partial charge on any atom is 0.253 e. The number of nitrogen functional groups attached to an aromatic ring is 1. The molecule has 9 nitrogen and oxygen atoms in total. The van der Waals surface area contributed by atoms with E-state index in [9.17, 15) is 9.18 Å². The van der Waals surface area contributed by atoms with Gasteiger partial charge in [0.25, 0.3) is 5.91 Å². The predicted octanol–water partition coefficient (Wildman–Crippen LogP) is 3.22. The maximum absolute atomic E-state index is 14.5. The van der Waals surface area contributed by atoms with Crippen LogP contribution in [0.1, 0.15) is 21.7 Å². The molecule has 2 unspecified atom stereocenters. The highest BCUT2D eigenvalue weighted by Crippen LogP contribution is 2.31. The van der Waals surface area contributed by atoms with Crippen LogP contribution in [0, 0.1) is 23.1 Å². The lowest BCUT2D eigenvalue weighted by Crippen LogP contribution is -2.30. The van der Waals surface area contributed by atoms with E-state index in [-0.39, 0.29) is 41.0 Å². The molecule has 10 heteroatoms. The zero-order valence-electron chi connectivity index (χ0n) is 19.8. The van der Waals surface area contributed by atoms with Crippen molar-refractivity contribution in [2.75, 3.05) is 52.4 Å². The van der Waals surface area contributed by atoms with Crippen molar-refractivity contribution in [1.82, 2.24) is 10.1 Å². The Morgan fingerprint density at radius 2 is 1.89 bits per heavy atom. The van der Waals surface area contributed by atoms with Gasteiger partial charge in [-0.2, -0.15) is 0 Å². The Bertz CT molecular complexity index is 1260. The van der Waals surface area contributed by atoms with E-state index >= 15 is 0 Å². The number of nitrogens with zero attached hydrogens (tertiary/aromatic N) is 2. The minimum absolute atomic E-state index is 0.00529. The highest BCUT2D eigenvalue weighted by atomic mass is 19.1. The fourth-order valence-corrected chi connectivity index (χ4v) is 4.61. The Kier molecular flexibility index (Phi) is 6.71. The topological polar surface area (TPSA) is 124 Å². The van der Waals surface area contributed by atoms with Crippen LogP contribution in [0.5, 0.6) is 5.75 Å². The molecule has 5 rings (SSSR count). The fourth-order valence-electron chi connectivity index (χ4n) is 4.61. The van der Waals surface area contributed by atoms with Crippen LogP contribution in [0.25, 0.3) is 11.3 Å². The van der Waals surface area contributed by atoms with Gasteiger partial charge in [-0.1, -0.05) is 17.3 Å². The van der Waals surface area contributed by atoms with Crippen molar-refractivity contribution in [1.29, 1.82) is 5.41 Å². The predicted molar refractivity (Wildman–Crippen MR) is 130 cm³/mol. The van der Waals surface area contributed by atoms with Crippen LogP contribution >= 0.6 is 0 Å². The van der Waals surface area contributed by atoms with Crippen molar-refractivity contribution < 1.29 is 27.9 Å². The van der Waals surface area contributed by atoms with E-state index in [0.717, 1.165) is 37.9 Å². The van der Waals surface area contributed by atoms with Crippen molar-refractivity contribution in [2.45, 2.75) is 0 Å². The summed E-state index contributed by atoms with van der Waals surface area (Å²) in [6, 6.07) is 11.2. The summed E-state index contributed by atoms with van der Waals surface area (Å²) in [6.07, 6.45) is 0. The van der Waals surface area contributed by atoms with Gasteiger partial charge in [0.15, 0.2) is 17.3 Å². The number of rotatable bonds is 8. The number of amides is 1. The molecule has 2 saturated heterocycles. The number of hydrogen-bond donors (Lipinski definition) is 2. The first kappa shape index (κ1) is 24.0. The molecular weight excluding hydrogens is 467 g/mol. The molecule has 2 aliphatic rings. The lowest BCUT2D eigenvalue weighted by molar-refractivity contribution is 0.0751. The highest BCUT2D eigenvalue weighted by molar-refractivity contribution is 6.12. The zero-order valence-corrected chi connectivity index (χ0v) is 19.8. The summed E-state index contributed by atoms with van der Waals surface area (Å²) in [5.41, 5.74) is 8.10. The number of halogens is 1. The van der Waals surface area contributed by atoms with Gasteiger partial charge in [-0.25, -0.2) is 4.39 Å². The number of ether oxygens (including phenoxy) is 3. The number of nitrogens with one attached hydrogen (secondary N) is 1. The number of methoxy groups -OCH3 is 1. The Morgan fingerprint density at radius 1 is 1.17 bits per heavy atom. The van der Waals surface area contributed by atoms with Gasteiger partial charge in [-0.15, -0.1) is 0 Å². The van der Waals surface area contributed by atoms with Gasteiger partial charge >= 0.3 is 0 Å². The second kappa shape index (κ2) is 10.1. The van der Waals surface area contributed by atoms with Gasteiger partial charge in [0, 0.05) is 66.5 Å². The quantitative estimate of drug-likeness (QED) is 0.280. The summed E-state index contributed by atoms with van der Waals surface area (Å²) in [7, 11) is 1.52. The number of aromatic nitrogens is 1. The minimum Gasteiger partial charge on any atom is -0.488 e. The van der Waals surface area contributed by atoms with E-state index in [1.165, 1.54) is 13.2 Å². The van der Waals surface area contributed by atoms with Gasteiger partial charge in [0.1, 0.15) is 18.0 Å². The molecule has 3 aromatic rings. The molecule has 3 N–H and O–H groups in total. The smallest absolute Gasteiger partial charge is 0.253 e. The minimum atomic E-state index is -0.644. The Labute approximate surface area is 207 Å². The molecule has 2 aliphatic heterocycles. The van der Waals surface area contributed by atoms with E-state index in [2.05, 4.69) is 5.16 Å². The number of fused-ring (bicyclic) bond motifs is 1. The molecule has 2 atom stereocenters. The van der Waals surface area contributed by atoms with Crippen LogP contribution in [-0.2, 0) is 9.47 Å². The number of nitrogens with two attached hydrogens (primary N) is 1. The Morgan fingerprint density at radius 3 is 2.58 bits per heavy atom. The van der Waals surface area contributed by atoms with Crippen LogP contribution in [0.15, 0.2) is 47.0 Å². The summed E-state index contributed by atoms with van der Waals surface area (Å²) in [5, 5.41) is 12.5. The molecule has 2 aromatic carbocycles. The van der Waals surface area contributed by atoms with Crippen molar-refractivity contribution in [3.8, 4) is 17.0 Å². The maximum atomic E-state index is 14.5. The van der Waals surface area contributed by atoms with Crippen LogP contribution in [0.4, 0.5) is 10.1 Å². The normalized spacial score (nSPS) is 18.9. The van der Waals surface area contributed by atoms with Gasteiger partial charge in [-0.3, -0.25) is 10.2 Å². The first-order valence-corrected chi connectivity index (χ1v) is 11.7. The second-order valence-corrected chi connectivity index (χ2v) is 9.01. The zero-order chi connectivity index (χ0) is 25.2. The Balaban J connectivity index is 1.27. The Hall–Kier alpha value is -3.76. The van der Waals surface area contributed by atoms with Crippen molar-refractivity contribution >= 4 is 17.3 Å². The third kappa shape index (κ3) is 4.69. The molecule has 2 fully saturated rings. The lowest BCUT2D eigenvalue weighted by atomic mass is 10.0. The van der Waals surface area contributed by atoms with Gasteiger partial charge in [-0.05, 0) is 18.2 Å². The molecule has 3 heterocycles. The summed E-state index contributed by atoms with van der Waals surface area (Å²) < 4.78 is 35.5. The largest absolute Gasteiger partial charge is 0.488 e. The molecular formula is C26H27FN4O5. The van der Waals surface area contributed by atoms with Crippen LogP contribution in [0.3, 0.4) is 0 Å². The molecule has 0 spiro atoms. The van der Waals surface area contributed by atoms with E-state index in [0.29, 0.717) is 29.7 Å². The molecule has 36 heavy (non-hydrogen) atoms. The summed E-state index contributed by atoms with van der Waals surface area (Å²) in [5.74, 6) is 0.340. The number of likely N-dealkylation sites (tertiary alicyclic amines) is 1. The first-order valence-electron chi connectivity index (χ1n) is 11.7. The number of carbonyl (C=O) groups is 1. The number of hydrogen-bond acceptors (Lipinski definition) is 8. The molecule has 0 saturated carbocycles. The van der Waals surface area contributed by atoms with Crippen LogP contribution < -0.4 is 10.5 Å². The van der Waals surface area contributed by atoms with Crippen molar-refractivity contribution in [2.24, 2.45) is 11.8 Å². The average Bonchev–Trinajstić information content (AvgIpc) is 3.62. The van der Waals surface area contributed by atoms with Crippen molar-refractivity contribution in [3.05, 3.63) is 65.2 Å². The number of anilines is 1. The molecule has 0 bridgehead atoms. The van der Waals surface area contributed by atoms with E-state index in [1.54, 1.807) is 30.3 Å². The number of carbonyl (C=O) groups excluding carboxylic acids is 1. The second-order valence-electron chi connectivity index (χ2n) is 9.01. The SMILES string of the molecule is COCCOc1cc(N)c(C(=N)c2cc(-c3ccc(C(=O)N4CC5COCC5C4)cc3)no2)cc1F. The molecule has 1 amide bonds. The monoisotopic (exact) mass is 494 g/mol. The summed E-state index contributed by atoms with van der Waals surface area (Å²) in [6.45, 7) is 3.38. The van der Waals surface area contributed by atoms with Gasteiger partial charge in [0.05, 0.1) is 19.8 Å². The molecule has 188 valence electrons. The van der Waals surface area contributed by atoms with Gasteiger partial charge in [0.2, 0.25) is 0 Å². The van der Waals surface area contributed by atoms with E-state index in [4.69, 9.17) is 29.9 Å². The molecule has 0 radical (unpaired) electrons. The van der Waals surface area contributed by atoms with E-state index in [1.807, 2.05) is 4.90 Å². The first-order chi connectivity index (χ1) is 17.4. The summed E-state index contributed by atoms with van der Waals surface area (Å²) in [4.78, 5) is 14.8. The number of benzene rings is 2. The van der Waals surface area contributed by atoms with E-state index < -0.39 is 5.82 Å². The van der Waals surface area contributed by atoms with Crippen molar-refractivity contribution in [3.63, 3.8) is 0 Å². The average molecular weight is 495 g/mol. The third-order valence-electron chi connectivity index (χ3n) is 6.63. The lowest BCUT2D eigenvalue weighted by Gasteiger charge is -2.17. The third-order valence-corrected chi connectivity index (χ3v) is 6.63. The molecule has 1 aromatic heterocycles. The molecule has 0 aliphatic carbocycles. The highest BCUT2D eigenvalue weighted by Gasteiger charge is 2.39. The fraction of sp³-hybridized carbons (Fsp3) is 0.346.